The van der Waals surface area contributed by atoms with E-state index in [0.29, 0.717) is 10.6 Å². The SMILES string of the molecule is CC(C(N)=O)C(=O)N(CC(F)(F)C(F)(F)F)[C@@H]1C(=O)N(Cc2ccc(Cl)cc2)c2ccccc2O[C@@H]1C. The zero-order valence-electron chi connectivity index (χ0n) is 19.6. The number of fused-ring (bicyclic) bond motifs is 1. The van der Waals surface area contributed by atoms with E-state index in [2.05, 4.69) is 0 Å². The zero-order valence-corrected chi connectivity index (χ0v) is 20.4. The molecule has 1 unspecified atom stereocenters. The number of carbonyl (C=O) groups excluding carboxylic acids is 3. The van der Waals surface area contributed by atoms with Crippen molar-refractivity contribution in [1.29, 1.82) is 0 Å². The number of hydrogen-bond donors (Lipinski definition) is 1. The summed E-state index contributed by atoms with van der Waals surface area (Å²) in [7, 11) is 0. The lowest BCUT2D eigenvalue weighted by molar-refractivity contribution is -0.287. The molecular formula is C24H23ClF5N3O4. The van der Waals surface area contributed by atoms with Crippen molar-refractivity contribution in [3.8, 4) is 5.75 Å². The fourth-order valence-corrected chi connectivity index (χ4v) is 3.96. The van der Waals surface area contributed by atoms with Crippen molar-refractivity contribution in [2.75, 3.05) is 11.4 Å². The third-order valence-corrected chi connectivity index (χ3v) is 6.14. The van der Waals surface area contributed by atoms with Crippen LogP contribution in [0, 0.1) is 5.92 Å². The normalized spacial score (nSPS) is 18.9. The number of carbonyl (C=O) groups is 3. The number of rotatable bonds is 7. The number of anilines is 1. The number of nitrogens with two attached hydrogens (primary N) is 1. The summed E-state index contributed by atoms with van der Waals surface area (Å²) >= 11 is 5.92. The van der Waals surface area contributed by atoms with Gasteiger partial charge in [0.05, 0.1) is 18.8 Å². The van der Waals surface area contributed by atoms with Gasteiger partial charge in [0.2, 0.25) is 11.8 Å². The standard InChI is InChI=1S/C24H23ClF5N3O4/c1-13(20(31)34)21(35)33(12-23(26,27)24(28,29)30)19-14(2)37-18-6-4-3-5-17(18)32(22(19)36)11-15-7-9-16(25)10-8-15/h3-10,13-14,19H,11-12H2,1-2H3,(H2,31,34)/t13?,14-,19+/m1/s1. The molecule has 0 radical (unpaired) electrons. The Labute approximate surface area is 213 Å². The molecule has 0 saturated carbocycles. The van der Waals surface area contributed by atoms with Gasteiger partial charge in [0.15, 0.2) is 0 Å². The summed E-state index contributed by atoms with van der Waals surface area (Å²) in [6.07, 6.45) is -7.41. The lowest BCUT2D eigenvalue weighted by atomic mass is 10.0. The maximum atomic E-state index is 14.2. The summed E-state index contributed by atoms with van der Waals surface area (Å²) in [5.41, 5.74) is 5.88. The molecule has 2 aromatic carbocycles. The van der Waals surface area contributed by atoms with Crippen LogP contribution in [0.15, 0.2) is 48.5 Å². The van der Waals surface area contributed by atoms with Crippen LogP contribution in [0.25, 0.3) is 0 Å². The molecule has 0 bridgehead atoms. The number of alkyl halides is 5. The Morgan fingerprint density at radius 3 is 2.27 bits per heavy atom. The van der Waals surface area contributed by atoms with Gasteiger partial charge in [0.1, 0.15) is 23.8 Å². The Kier molecular flexibility index (Phi) is 8.01. The third-order valence-electron chi connectivity index (χ3n) is 5.89. The predicted octanol–water partition coefficient (Wildman–Crippen LogP) is 4.17. The van der Waals surface area contributed by atoms with Gasteiger partial charge in [-0.1, -0.05) is 35.9 Å². The summed E-state index contributed by atoms with van der Waals surface area (Å²) in [5, 5.41) is 0.410. The molecule has 1 heterocycles. The molecule has 0 saturated heterocycles. The molecule has 7 nitrogen and oxygen atoms in total. The minimum Gasteiger partial charge on any atom is -0.486 e. The van der Waals surface area contributed by atoms with E-state index in [4.69, 9.17) is 22.1 Å². The van der Waals surface area contributed by atoms with Gasteiger partial charge in [-0.15, -0.1) is 0 Å². The van der Waals surface area contributed by atoms with Gasteiger partial charge in [0, 0.05) is 5.02 Å². The van der Waals surface area contributed by atoms with Crippen LogP contribution < -0.4 is 15.4 Å². The molecule has 0 aliphatic carbocycles. The van der Waals surface area contributed by atoms with Crippen molar-refractivity contribution >= 4 is 35.0 Å². The second-order valence-corrected chi connectivity index (χ2v) is 9.02. The van der Waals surface area contributed by atoms with Crippen LogP contribution in [0.4, 0.5) is 27.6 Å². The second-order valence-electron chi connectivity index (χ2n) is 8.58. The Balaban J connectivity index is 2.13. The average molecular weight is 548 g/mol. The molecule has 3 amide bonds. The van der Waals surface area contributed by atoms with Crippen LogP contribution in [0.5, 0.6) is 5.75 Å². The molecule has 1 aliphatic heterocycles. The summed E-state index contributed by atoms with van der Waals surface area (Å²) in [4.78, 5) is 39.7. The average Bonchev–Trinajstić information content (AvgIpc) is 2.91. The predicted molar refractivity (Wildman–Crippen MR) is 124 cm³/mol. The molecule has 0 spiro atoms. The van der Waals surface area contributed by atoms with Crippen molar-refractivity contribution in [1.82, 2.24) is 4.90 Å². The molecule has 1 aliphatic rings. The molecule has 200 valence electrons. The highest BCUT2D eigenvalue weighted by Gasteiger charge is 2.60. The molecule has 37 heavy (non-hydrogen) atoms. The second kappa shape index (κ2) is 10.5. The van der Waals surface area contributed by atoms with Crippen molar-refractivity contribution in [3.05, 3.63) is 59.1 Å². The first-order valence-electron chi connectivity index (χ1n) is 11.0. The largest absolute Gasteiger partial charge is 0.486 e. The van der Waals surface area contributed by atoms with Crippen molar-refractivity contribution < 1.29 is 41.1 Å². The lowest BCUT2D eigenvalue weighted by Crippen LogP contribution is -2.61. The van der Waals surface area contributed by atoms with Crippen LogP contribution in [0.2, 0.25) is 5.02 Å². The number of halogens is 6. The summed E-state index contributed by atoms with van der Waals surface area (Å²) < 4.78 is 73.7. The van der Waals surface area contributed by atoms with E-state index in [-0.39, 0.29) is 22.9 Å². The number of hydrogen-bond acceptors (Lipinski definition) is 4. The van der Waals surface area contributed by atoms with Crippen LogP contribution in [-0.4, -0.2) is 53.4 Å². The summed E-state index contributed by atoms with van der Waals surface area (Å²) in [6, 6.07) is 10.5. The first-order valence-corrected chi connectivity index (χ1v) is 11.4. The molecular weight excluding hydrogens is 525 g/mol. The number of benzene rings is 2. The first-order chi connectivity index (χ1) is 17.1. The maximum Gasteiger partial charge on any atom is 0.455 e. The third kappa shape index (κ3) is 5.95. The molecule has 2 N–H and O–H groups in total. The van der Waals surface area contributed by atoms with Crippen molar-refractivity contribution in [2.24, 2.45) is 11.7 Å². The molecule has 13 heteroatoms. The van der Waals surface area contributed by atoms with Crippen LogP contribution in [0.3, 0.4) is 0 Å². The van der Waals surface area contributed by atoms with E-state index >= 15 is 0 Å². The Bertz CT molecular complexity index is 1180. The highest BCUT2D eigenvalue weighted by Crippen LogP contribution is 2.39. The van der Waals surface area contributed by atoms with Gasteiger partial charge in [-0.25, -0.2) is 0 Å². The Morgan fingerprint density at radius 2 is 1.70 bits per heavy atom. The molecule has 3 rings (SSSR count). The fraction of sp³-hybridized carbons (Fsp3) is 0.375. The van der Waals surface area contributed by atoms with Crippen LogP contribution in [-0.2, 0) is 20.9 Å². The highest BCUT2D eigenvalue weighted by molar-refractivity contribution is 6.30. The molecule has 3 atom stereocenters. The van der Waals surface area contributed by atoms with E-state index in [1.807, 2.05) is 0 Å². The quantitative estimate of drug-likeness (QED) is 0.416. The minimum atomic E-state index is -6.04. The van der Waals surface area contributed by atoms with Gasteiger partial charge in [-0.2, -0.15) is 22.0 Å². The van der Waals surface area contributed by atoms with Gasteiger partial charge >= 0.3 is 12.1 Å². The topological polar surface area (TPSA) is 92.9 Å². The van der Waals surface area contributed by atoms with Crippen molar-refractivity contribution in [2.45, 2.75) is 44.6 Å². The molecule has 0 fully saturated rings. The Morgan fingerprint density at radius 1 is 1.11 bits per heavy atom. The number of para-hydroxylation sites is 2. The number of ether oxygens (including phenoxy) is 1. The summed E-state index contributed by atoms with van der Waals surface area (Å²) in [5.74, 6) is -10.8. The number of amides is 3. The maximum absolute atomic E-state index is 14.2. The van der Waals surface area contributed by atoms with Crippen molar-refractivity contribution in [3.63, 3.8) is 0 Å². The van der Waals surface area contributed by atoms with E-state index in [0.717, 1.165) is 11.8 Å². The van der Waals surface area contributed by atoms with Gasteiger partial charge in [-0.05, 0) is 43.7 Å². The molecule has 0 aromatic heterocycles. The van der Waals surface area contributed by atoms with Crippen LogP contribution >= 0.6 is 11.6 Å². The zero-order chi connectivity index (χ0) is 27.7. The number of primary amides is 1. The fourth-order valence-electron chi connectivity index (χ4n) is 3.83. The van der Waals surface area contributed by atoms with Gasteiger partial charge < -0.3 is 20.3 Å². The minimum absolute atomic E-state index is 0.0384. The summed E-state index contributed by atoms with van der Waals surface area (Å²) in [6.45, 7) is -0.159. The van der Waals surface area contributed by atoms with Crippen LogP contribution in [0.1, 0.15) is 19.4 Å². The van der Waals surface area contributed by atoms with E-state index in [1.165, 1.54) is 19.1 Å². The van der Waals surface area contributed by atoms with E-state index < -0.39 is 54.4 Å². The Hall–Kier alpha value is -3.41. The molecule has 2 aromatic rings. The monoisotopic (exact) mass is 547 g/mol. The smallest absolute Gasteiger partial charge is 0.455 e. The highest BCUT2D eigenvalue weighted by atomic mass is 35.5. The van der Waals surface area contributed by atoms with Gasteiger partial charge in [-0.3, -0.25) is 14.4 Å². The van der Waals surface area contributed by atoms with E-state index in [9.17, 15) is 36.3 Å². The lowest BCUT2D eigenvalue weighted by Gasteiger charge is -2.38. The van der Waals surface area contributed by atoms with E-state index in [1.54, 1.807) is 36.4 Å². The first kappa shape index (κ1) is 28.2. The van der Waals surface area contributed by atoms with Gasteiger partial charge in [0.25, 0.3) is 5.91 Å². The number of nitrogens with zero attached hydrogens (tertiary/aromatic N) is 2.